The fraction of sp³-hybridized carbons (Fsp3) is 0.235. The van der Waals surface area contributed by atoms with E-state index in [9.17, 15) is 4.79 Å². The van der Waals surface area contributed by atoms with Gasteiger partial charge in [-0.3, -0.25) is 4.90 Å². The topological polar surface area (TPSA) is 32.3 Å². The maximum atomic E-state index is 12.5. The van der Waals surface area contributed by atoms with Crippen LogP contribution in [0.2, 0.25) is 0 Å². The van der Waals surface area contributed by atoms with Crippen LogP contribution in [-0.2, 0) is 6.42 Å². The molecule has 1 N–H and O–H groups in total. The quantitative estimate of drug-likeness (QED) is 0.833. The van der Waals surface area contributed by atoms with Gasteiger partial charge in [-0.25, -0.2) is 4.79 Å². The molecule has 1 unspecified atom stereocenters. The van der Waals surface area contributed by atoms with Crippen LogP contribution in [0, 0.1) is 5.92 Å². The molecule has 1 aliphatic heterocycles. The highest BCUT2D eigenvalue weighted by Gasteiger charge is 2.25. The van der Waals surface area contributed by atoms with Gasteiger partial charge in [0.2, 0.25) is 0 Å². The number of amides is 2. The average Bonchev–Trinajstić information content (AvgIpc) is 2.47. The Kier molecular flexibility index (Phi) is 3.42. The summed E-state index contributed by atoms with van der Waals surface area (Å²) in [7, 11) is 0. The highest BCUT2D eigenvalue weighted by atomic mass is 16.2. The van der Waals surface area contributed by atoms with E-state index in [-0.39, 0.29) is 6.03 Å². The molecule has 1 atom stereocenters. The summed E-state index contributed by atoms with van der Waals surface area (Å²) < 4.78 is 0. The predicted octanol–water partition coefficient (Wildman–Crippen LogP) is 3.92. The molecule has 0 aliphatic carbocycles. The summed E-state index contributed by atoms with van der Waals surface area (Å²) >= 11 is 0. The number of carbonyl (C=O) groups excluding carboxylic acids is 1. The Labute approximate surface area is 119 Å². The van der Waals surface area contributed by atoms with E-state index in [4.69, 9.17) is 0 Å². The van der Waals surface area contributed by atoms with Crippen LogP contribution in [0.25, 0.3) is 0 Å². The minimum atomic E-state index is -0.0600. The zero-order valence-corrected chi connectivity index (χ0v) is 11.5. The fourth-order valence-electron chi connectivity index (χ4n) is 2.70. The number of nitrogens with zero attached hydrogens (tertiary/aromatic N) is 1. The zero-order valence-electron chi connectivity index (χ0n) is 11.5. The van der Waals surface area contributed by atoms with Crippen molar-refractivity contribution in [2.45, 2.75) is 13.3 Å². The Morgan fingerprint density at radius 2 is 1.80 bits per heavy atom. The molecule has 0 aromatic heterocycles. The molecule has 3 nitrogen and oxygen atoms in total. The van der Waals surface area contributed by atoms with Crippen LogP contribution >= 0.6 is 0 Å². The van der Waals surface area contributed by atoms with E-state index in [0.29, 0.717) is 5.92 Å². The van der Waals surface area contributed by atoms with Crippen LogP contribution in [-0.4, -0.2) is 12.6 Å². The maximum Gasteiger partial charge on any atom is 0.326 e. The molecule has 2 amide bonds. The maximum absolute atomic E-state index is 12.5. The molecule has 102 valence electrons. The van der Waals surface area contributed by atoms with E-state index in [0.717, 1.165) is 24.3 Å². The second-order valence-corrected chi connectivity index (χ2v) is 5.34. The monoisotopic (exact) mass is 266 g/mol. The van der Waals surface area contributed by atoms with E-state index in [1.807, 2.05) is 53.4 Å². The van der Waals surface area contributed by atoms with Crippen LogP contribution in [0.15, 0.2) is 54.6 Å². The van der Waals surface area contributed by atoms with Crippen LogP contribution in [0.3, 0.4) is 0 Å². The summed E-state index contributed by atoms with van der Waals surface area (Å²) in [6.45, 7) is 2.94. The lowest BCUT2D eigenvalue weighted by Crippen LogP contribution is -2.41. The number of hydrogen-bond donors (Lipinski definition) is 1. The Morgan fingerprint density at radius 1 is 1.10 bits per heavy atom. The molecule has 0 saturated heterocycles. The predicted molar refractivity (Wildman–Crippen MR) is 82.1 cm³/mol. The fourth-order valence-corrected chi connectivity index (χ4v) is 2.70. The largest absolute Gasteiger partial charge is 0.326 e. The number of anilines is 2. The second-order valence-electron chi connectivity index (χ2n) is 5.34. The van der Waals surface area contributed by atoms with Crippen LogP contribution in [0.1, 0.15) is 12.5 Å². The average molecular weight is 266 g/mol. The number of carbonyl (C=O) groups is 1. The first-order valence-electron chi connectivity index (χ1n) is 6.95. The Balaban J connectivity index is 1.85. The number of nitrogens with one attached hydrogen (secondary N) is 1. The normalized spacial score (nSPS) is 17.4. The summed E-state index contributed by atoms with van der Waals surface area (Å²) in [6, 6.07) is 17.7. The van der Waals surface area contributed by atoms with E-state index >= 15 is 0 Å². The van der Waals surface area contributed by atoms with Crippen molar-refractivity contribution >= 4 is 17.4 Å². The molecule has 1 aliphatic rings. The highest BCUT2D eigenvalue weighted by Crippen LogP contribution is 2.29. The van der Waals surface area contributed by atoms with E-state index in [2.05, 4.69) is 18.3 Å². The summed E-state index contributed by atoms with van der Waals surface area (Å²) in [5.74, 6) is 0.478. The molecule has 0 radical (unpaired) electrons. The van der Waals surface area contributed by atoms with Crippen molar-refractivity contribution in [1.29, 1.82) is 0 Å². The van der Waals surface area contributed by atoms with Crippen molar-refractivity contribution in [3.63, 3.8) is 0 Å². The van der Waals surface area contributed by atoms with E-state index in [1.165, 1.54) is 5.56 Å². The van der Waals surface area contributed by atoms with Crippen molar-refractivity contribution in [2.75, 3.05) is 16.8 Å². The lowest BCUT2D eigenvalue weighted by atomic mass is 9.94. The molecule has 2 aromatic rings. The Hall–Kier alpha value is -2.29. The van der Waals surface area contributed by atoms with Gasteiger partial charge in [-0.2, -0.15) is 0 Å². The third kappa shape index (κ3) is 2.52. The smallest absolute Gasteiger partial charge is 0.308 e. The Bertz CT molecular complexity index is 609. The minimum Gasteiger partial charge on any atom is -0.308 e. The van der Waals surface area contributed by atoms with Crippen LogP contribution in [0.5, 0.6) is 0 Å². The minimum absolute atomic E-state index is 0.0600. The molecule has 0 spiro atoms. The number of para-hydroxylation sites is 2. The van der Waals surface area contributed by atoms with Gasteiger partial charge < -0.3 is 5.32 Å². The van der Waals surface area contributed by atoms with E-state index < -0.39 is 0 Å². The summed E-state index contributed by atoms with van der Waals surface area (Å²) in [6.07, 6.45) is 1.03. The molecule has 2 aromatic carbocycles. The third-order valence-electron chi connectivity index (χ3n) is 3.62. The lowest BCUT2D eigenvalue weighted by Gasteiger charge is -2.33. The summed E-state index contributed by atoms with van der Waals surface area (Å²) in [5, 5.41) is 2.96. The first kappa shape index (κ1) is 12.7. The second kappa shape index (κ2) is 5.37. The molecule has 0 fully saturated rings. The van der Waals surface area contributed by atoms with Gasteiger partial charge in [0.15, 0.2) is 0 Å². The van der Waals surface area contributed by atoms with Crippen molar-refractivity contribution in [3.05, 3.63) is 60.2 Å². The van der Waals surface area contributed by atoms with Gasteiger partial charge in [-0.15, -0.1) is 0 Å². The Morgan fingerprint density at radius 3 is 2.60 bits per heavy atom. The van der Waals surface area contributed by atoms with Crippen molar-refractivity contribution in [1.82, 2.24) is 0 Å². The first-order valence-corrected chi connectivity index (χ1v) is 6.95. The molecule has 1 heterocycles. The van der Waals surface area contributed by atoms with Crippen LogP contribution in [0.4, 0.5) is 16.2 Å². The van der Waals surface area contributed by atoms with Crippen molar-refractivity contribution in [2.24, 2.45) is 5.92 Å². The van der Waals surface area contributed by atoms with Gasteiger partial charge >= 0.3 is 6.03 Å². The number of rotatable bonds is 1. The van der Waals surface area contributed by atoms with Crippen LogP contribution < -0.4 is 10.2 Å². The number of benzene rings is 2. The van der Waals surface area contributed by atoms with Gasteiger partial charge in [0, 0.05) is 17.9 Å². The van der Waals surface area contributed by atoms with E-state index in [1.54, 1.807) is 0 Å². The van der Waals surface area contributed by atoms with Gasteiger partial charge in [0.05, 0.1) is 0 Å². The zero-order chi connectivity index (χ0) is 13.9. The van der Waals surface area contributed by atoms with Crippen molar-refractivity contribution < 1.29 is 4.79 Å². The van der Waals surface area contributed by atoms with Gasteiger partial charge in [-0.05, 0) is 36.1 Å². The highest BCUT2D eigenvalue weighted by molar-refractivity contribution is 6.02. The molecule has 20 heavy (non-hydrogen) atoms. The summed E-state index contributed by atoms with van der Waals surface area (Å²) in [4.78, 5) is 14.3. The number of urea groups is 1. The first-order chi connectivity index (χ1) is 9.74. The molecule has 3 heteroatoms. The third-order valence-corrected chi connectivity index (χ3v) is 3.62. The molecule has 0 saturated carbocycles. The molecule has 3 rings (SSSR count). The molecular weight excluding hydrogens is 248 g/mol. The SMILES string of the molecule is CC1Cc2ccccc2N(C(=O)Nc2ccccc2)C1. The van der Waals surface area contributed by atoms with Gasteiger partial charge in [0.25, 0.3) is 0 Å². The van der Waals surface area contributed by atoms with Gasteiger partial charge in [0.1, 0.15) is 0 Å². The standard InChI is InChI=1S/C17H18N2O/c1-13-11-14-7-5-6-10-16(14)19(12-13)17(20)18-15-8-3-2-4-9-15/h2-10,13H,11-12H2,1H3,(H,18,20). The van der Waals surface area contributed by atoms with Gasteiger partial charge in [-0.1, -0.05) is 43.3 Å². The number of fused-ring (bicyclic) bond motifs is 1. The lowest BCUT2D eigenvalue weighted by molar-refractivity contribution is 0.255. The number of hydrogen-bond acceptors (Lipinski definition) is 1. The molecular formula is C17H18N2O. The van der Waals surface area contributed by atoms with Crippen molar-refractivity contribution in [3.8, 4) is 0 Å². The molecule has 0 bridgehead atoms. The summed E-state index contributed by atoms with van der Waals surface area (Å²) in [5.41, 5.74) is 3.10.